The maximum atomic E-state index is 12.1. The van der Waals surface area contributed by atoms with Crippen molar-refractivity contribution in [1.82, 2.24) is 4.98 Å². The number of rotatable bonds is 4. The molecule has 3 rings (SSSR count). The van der Waals surface area contributed by atoms with Crippen molar-refractivity contribution in [1.29, 1.82) is 0 Å². The number of para-hydroxylation sites is 1. The molecule has 0 fully saturated rings. The van der Waals surface area contributed by atoms with Crippen LogP contribution in [0.25, 0.3) is 10.9 Å². The van der Waals surface area contributed by atoms with Crippen LogP contribution in [0.15, 0.2) is 65.5 Å². The van der Waals surface area contributed by atoms with E-state index in [-0.39, 0.29) is 11.3 Å². The number of ketones is 1. The van der Waals surface area contributed by atoms with E-state index in [1.165, 1.54) is 0 Å². The Hall–Kier alpha value is -2.68. The molecule has 1 heterocycles. The molecule has 0 aliphatic heterocycles. The second kappa shape index (κ2) is 5.75. The first-order valence-corrected chi connectivity index (χ1v) is 6.93. The predicted molar refractivity (Wildman–Crippen MR) is 83.7 cm³/mol. The molecule has 1 N–H and O–H groups in total. The lowest BCUT2D eigenvalue weighted by molar-refractivity contribution is 0.0983. The average molecular weight is 277 g/mol. The zero-order chi connectivity index (χ0) is 14.7. The Labute approximate surface area is 122 Å². The molecule has 0 atom stereocenters. The van der Waals surface area contributed by atoms with Crippen LogP contribution in [0, 0.1) is 0 Å². The number of hydrogen-bond donors (Lipinski definition) is 1. The van der Waals surface area contributed by atoms with Gasteiger partial charge in [-0.3, -0.25) is 9.59 Å². The van der Waals surface area contributed by atoms with Gasteiger partial charge in [0.05, 0.1) is 0 Å². The van der Waals surface area contributed by atoms with Gasteiger partial charge in [-0.15, -0.1) is 0 Å². The smallest absolute Gasteiger partial charge is 0.251 e. The van der Waals surface area contributed by atoms with Crippen molar-refractivity contribution >= 4 is 16.7 Å². The topological polar surface area (TPSA) is 49.9 Å². The third-order valence-electron chi connectivity index (χ3n) is 3.55. The van der Waals surface area contributed by atoms with Gasteiger partial charge in [-0.2, -0.15) is 0 Å². The molecular weight excluding hydrogens is 262 g/mol. The Morgan fingerprint density at radius 2 is 1.67 bits per heavy atom. The Morgan fingerprint density at radius 3 is 2.48 bits per heavy atom. The van der Waals surface area contributed by atoms with E-state index >= 15 is 0 Å². The van der Waals surface area contributed by atoms with E-state index in [0.717, 1.165) is 10.9 Å². The summed E-state index contributed by atoms with van der Waals surface area (Å²) in [6, 6.07) is 18.7. The van der Waals surface area contributed by atoms with Gasteiger partial charge < -0.3 is 4.98 Å². The standard InChI is InChI=1S/C18H15NO2/c20-17(13-6-2-1-3-7-13)11-10-15-12-14-8-4-5-9-16(14)19-18(15)21/h1-9,12H,10-11H2,(H,19,21). The van der Waals surface area contributed by atoms with E-state index in [9.17, 15) is 9.59 Å². The number of Topliss-reactive ketones (excluding diaryl/α,β-unsaturated/α-hetero) is 1. The molecule has 21 heavy (non-hydrogen) atoms. The van der Waals surface area contributed by atoms with Crippen LogP contribution in [-0.2, 0) is 6.42 Å². The minimum absolute atomic E-state index is 0.0585. The summed E-state index contributed by atoms with van der Waals surface area (Å²) in [6.45, 7) is 0. The quantitative estimate of drug-likeness (QED) is 0.743. The van der Waals surface area contributed by atoms with Crippen molar-refractivity contribution in [2.45, 2.75) is 12.8 Å². The molecule has 3 nitrogen and oxygen atoms in total. The van der Waals surface area contributed by atoms with Gasteiger partial charge in [0.25, 0.3) is 5.56 Å². The Balaban J connectivity index is 1.81. The highest BCUT2D eigenvalue weighted by molar-refractivity contribution is 5.96. The summed E-state index contributed by atoms with van der Waals surface area (Å²) in [5.41, 5.74) is 2.04. The van der Waals surface area contributed by atoms with E-state index < -0.39 is 0 Å². The average Bonchev–Trinajstić information content (AvgIpc) is 2.53. The summed E-state index contributed by atoms with van der Waals surface area (Å²) in [7, 11) is 0. The van der Waals surface area contributed by atoms with Gasteiger partial charge in [-0.25, -0.2) is 0 Å². The maximum Gasteiger partial charge on any atom is 0.251 e. The van der Waals surface area contributed by atoms with Crippen LogP contribution in [0.3, 0.4) is 0 Å². The molecule has 0 aliphatic carbocycles. The number of pyridine rings is 1. The van der Waals surface area contributed by atoms with Crippen LogP contribution in [0.2, 0.25) is 0 Å². The number of aromatic nitrogens is 1. The minimum Gasteiger partial charge on any atom is -0.322 e. The summed E-state index contributed by atoms with van der Waals surface area (Å²) in [6.07, 6.45) is 0.791. The molecule has 3 heteroatoms. The second-order valence-electron chi connectivity index (χ2n) is 5.00. The number of fused-ring (bicyclic) bond motifs is 1. The highest BCUT2D eigenvalue weighted by Crippen LogP contribution is 2.12. The fraction of sp³-hybridized carbons (Fsp3) is 0.111. The van der Waals surface area contributed by atoms with Gasteiger partial charge in [0, 0.05) is 23.1 Å². The number of aromatic amines is 1. The summed E-state index contributed by atoms with van der Waals surface area (Å²) in [4.78, 5) is 27.0. The lowest BCUT2D eigenvalue weighted by Gasteiger charge is -2.03. The summed E-state index contributed by atoms with van der Waals surface area (Å²) >= 11 is 0. The van der Waals surface area contributed by atoms with E-state index in [1.807, 2.05) is 48.5 Å². The zero-order valence-corrected chi connectivity index (χ0v) is 11.5. The number of nitrogens with one attached hydrogen (secondary N) is 1. The van der Waals surface area contributed by atoms with Gasteiger partial charge in [0.15, 0.2) is 5.78 Å². The van der Waals surface area contributed by atoms with Crippen molar-refractivity contribution in [2.24, 2.45) is 0 Å². The number of benzene rings is 2. The first kappa shape index (κ1) is 13.3. The minimum atomic E-state index is -0.116. The summed E-state index contributed by atoms with van der Waals surface area (Å²) in [5.74, 6) is 0.0585. The van der Waals surface area contributed by atoms with E-state index in [0.29, 0.717) is 24.0 Å². The molecule has 0 spiro atoms. The molecule has 0 aliphatic rings. The normalized spacial score (nSPS) is 10.7. The fourth-order valence-corrected chi connectivity index (χ4v) is 2.39. The van der Waals surface area contributed by atoms with Gasteiger partial charge in [-0.1, -0.05) is 48.5 Å². The van der Waals surface area contributed by atoms with Crippen LogP contribution < -0.4 is 5.56 Å². The van der Waals surface area contributed by atoms with Crippen molar-refractivity contribution in [3.8, 4) is 0 Å². The van der Waals surface area contributed by atoms with E-state index in [1.54, 1.807) is 12.1 Å². The van der Waals surface area contributed by atoms with Crippen LogP contribution >= 0.6 is 0 Å². The molecule has 3 aromatic rings. The first-order chi connectivity index (χ1) is 10.2. The van der Waals surface area contributed by atoms with Crippen molar-refractivity contribution in [2.75, 3.05) is 0 Å². The molecule has 104 valence electrons. The van der Waals surface area contributed by atoms with Crippen molar-refractivity contribution in [3.63, 3.8) is 0 Å². The van der Waals surface area contributed by atoms with Crippen LogP contribution in [0.5, 0.6) is 0 Å². The molecule has 0 amide bonds. The monoisotopic (exact) mass is 277 g/mol. The number of aryl methyl sites for hydroxylation is 1. The van der Waals surface area contributed by atoms with Crippen LogP contribution in [-0.4, -0.2) is 10.8 Å². The fourth-order valence-electron chi connectivity index (χ4n) is 2.39. The number of hydrogen-bond acceptors (Lipinski definition) is 2. The largest absolute Gasteiger partial charge is 0.322 e. The molecule has 0 radical (unpaired) electrons. The van der Waals surface area contributed by atoms with Gasteiger partial charge >= 0.3 is 0 Å². The van der Waals surface area contributed by atoms with Gasteiger partial charge in [-0.05, 0) is 23.9 Å². The van der Waals surface area contributed by atoms with Gasteiger partial charge in [0.2, 0.25) is 0 Å². The third-order valence-corrected chi connectivity index (χ3v) is 3.55. The second-order valence-corrected chi connectivity index (χ2v) is 5.00. The number of H-pyrrole nitrogens is 1. The van der Waals surface area contributed by atoms with Gasteiger partial charge in [0.1, 0.15) is 0 Å². The number of carbonyl (C=O) groups is 1. The maximum absolute atomic E-state index is 12.1. The Bertz CT molecular complexity index is 834. The molecule has 1 aromatic heterocycles. The third kappa shape index (κ3) is 2.92. The molecule has 0 unspecified atom stereocenters. The summed E-state index contributed by atoms with van der Waals surface area (Å²) in [5, 5.41) is 0.985. The predicted octanol–water partition coefficient (Wildman–Crippen LogP) is 3.34. The lowest BCUT2D eigenvalue weighted by Crippen LogP contribution is -2.13. The van der Waals surface area contributed by atoms with Crippen LogP contribution in [0.4, 0.5) is 0 Å². The lowest BCUT2D eigenvalue weighted by atomic mass is 10.0. The number of carbonyl (C=O) groups excluding carboxylic acids is 1. The highest BCUT2D eigenvalue weighted by Gasteiger charge is 2.08. The summed E-state index contributed by atoms with van der Waals surface area (Å²) < 4.78 is 0. The SMILES string of the molecule is O=C(CCc1cc2ccccc2[nH]c1=O)c1ccccc1. The first-order valence-electron chi connectivity index (χ1n) is 6.93. The van der Waals surface area contributed by atoms with Crippen molar-refractivity contribution < 1.29 is 4.79 Å². The van der Waals surface area contributed by atoms with E-state index in [4.69, 9.17) is 0 Å². The zero-order valence-electron chi connectivity index (χ0n) is 11.5. The Kier molecular flexibility index (Phi) is 3.65. The molecular formula is C18H15NO2. The molecule has 2 aromatic carbocycles. The Morgan fingerprint density at radius 1 is 0.952 bits per heavy atom. The van der Waals surface area contributed by atoms with Crippen molar-refractivity contribution in [3.05, 3.63) is 82.1 Å². The molecule has 0 saturated carbocycles. The van der Waals surface area contributed by atoms with Crippen LogP contribution in [0.1, 0.15) is 22.3 Å². The molecule has 0 saturated heterocycles. The van der Waals surface area contributed by atoms with E-state index in [2.05, 4.69) is 4.98 Å². The molecule has 0 bridgehead atoms. The highest BCUT2D eigenvalue weighted by atomic mass is 16.1.